The Morgan fingerprint density at radius 3 is 2.72 bits per heavy atom. The molecule has 1 aliphatic rings. The van der Waals surface area contributed by atoms with Crippen molar-refractivity contribution in [2.45, 2.75) is 6.04 Å². The van der Waals surface area contributed by atoms with Gasteiger partial charge < -0.3 is 10.4 Å². The summed E-state index contributed by atoms with van der Waals surface area (Å²) in [6, 6.07) is 3.33. The normalized spacial score (nSPS) is 18.6. The van der Waals surface area contributed by atoms with E-state index in [1.807, 2.05) is 4.90 Å². The SMILES string of the molecule is O=C(O)C(c1cc(F)ccc1Br)N1CCNCC1. The van der Waals surface area contributed by atoms with Crippen molar-refractivity contribution < 1.29 is 14.3 Å². The monoisotopic (exact) mass is 316 g/mol. The number of nitrogens with one attached hydrogen (secondary N) is 1. The number of carbonyl (C=O) groups is 1. The van der Waals surface area contributed by atoms with Crippen LogP contribution in [0.1, 0.15) is 11.6 Å². The maximum atomic E-state index is 13.3. The molecule has 1 heterocycles. The van der Waals surface area contributed by atoms with E-state index in [4.69, 9.17) is 0 Å². The molecule has 0 aliphatic carbocycles. The number of hydrogen-bond donors (Lipinski definition) is 2. The number of nitrogens with zero attached hydrogens (tertiary/aromatic N) is 1. The second-order valence-electron chi connectivity index (χ2n) is 4.19. The van der Waals surface area contributed by atoms with Gasteiger partial charge in [-0.3, -0.25) is 9.69 Å². The molecule has 6 heteroatoms. The molecule has 2 rings (SSSR count). The highest BCUT2D eigenvalue weighted by molar-refractivity contribution is 9.10. The van der Waals surface area contributed by atoms with Gasteiger partial charge in [0.15, 0.2) is 0 Å². The van der Waals surface area contributed by atoms with Gasteiger partial charge in [-0.05, 0) is 23.8 Å². The molecular weight excluding hydrogens is 303 g/mol. The minimum absolute atomic E-state index is 0.422. The zero-order valence-electron chi connectivity index (χ0n) is 9.70. The van der Waals surface area contributed by atoms with E-state index < -0.39 is 17.8 Å². The first-order valence-electron chi connectivity index (χ1n) is 5.72. The fourth-order valence-corrected chi connectivity index (χ4v) is 2.61. The summed E-state index contributed by atoms with van der Waals surface area (Å²) in [7, 11) is 0. The zero-order valence-corrected chi connectivity index (χ0v) is 11.3. The van der Waals surface area contributed by atoms with Crippen LogP contribution in [0.25, 0.3) is 0 Å². The Bertz CT molecular complexity index is 450. The maximum Gasteiger partial charge on any atom is 0.325 e. The molecule has 2 N–H and O–H groups in total. The number of carboxylic acids is 1. The van der Waals surface area contributed by atoms with Gasteiger partial charge in [0.25, 0.3) is 0 Å². The van der Waals surface area contributed by atoms with Crippen molar-refractivity contribution in [3.05, 3.63) is 34.1 Å². The number of halogens is 2. The van der Waals surface area contributed by atoms with Gasteiger partial charge in [-0.15, -0.1) is 0 Å². The van der Waals surface area contributed by atoms with Crippen molar-refractivity contribution in [1.82, 2.24) is 10.2 Å². The molecular formula is C12H14BrFN2O2. The molecule has 1 atom stereocenters. The number of hydrogen-bond acceptors (Lipinski definition) is 3. The van der Waals surface area contributed by atoms with Crippen molar-refractivity contribution in [3.63, 3.8) is 0 Å². The highest BCUT2D eigenvalue weighted by atomic mass is 79.9. The van der Waals surface area contributed by atoms with Crippen LogP contribution in [0.4, 0.5) is 4.39 Å². The van der Waals surface area contributed by atoms with E-state index in [-0.39, 0.29) is 0 Å². The molecule has 0 radical (unpaired) electrons. The lowest BCUT2D eigenvalue weighted by Crippen LogP contribution is -2.47. The highest BCUT2D eigenvalue weighted by Crippen LogP contribution is 2.29. The number of piperazine rings is 1. The molecule has 1 aliphatic heterocycles. The van der Waals surface area contributed by atoms with Crippen LogP contribution in [0.2, 0.25) is 0 Å². The average molecular weight is 317 g/mol. The molecule has 4 nitrogen and oxygen atoms in total. The summed E-state index contributed by atoms with van der Waals surface area (Å²) in [4.78, 5) is 13.3. The predicted octanol–water partition coefficient (Wildman–Crippen LogP) is 1.62. The molecule has 1 aromatic carbocycles. The summed E-state index contributed by atoms with van der Waals surface area (Å²) < 4.78 is 13.9. The summed E-state index contributed by atoms with van der Waals surface area (Å²) in [5, 5.41) is 12.6. The smallest absolute Gasteiger partial charge is 0.325 e. The van der Waals surface area contributed by atoms with E-state index in [0.29, 0.717) is 23.1 Å². The molecule has 0 amide bonds. The topological polar surface area (TPSA) is 52.6 Å². The van der Waals surface area contributed by atoms with Crippen LogP contribution in [-0.2, 0) is 4.79 Å². The van der Waals surface area contributed by atoms with Crippen LogP contribution < -0.4 is 5.32 Å². The van der Waals surface area contributed by atoms with Crippen molar-refractivity contribution in [2.75, 3.05) is 26.2 Å². The molecule has 98 valence electrons. The van der Waals surface area contributed by atoms with Crippen LogP contribution in [0.5, 0.6) is 0 Å². The Morgan fingerprint density at radius 1 is 1.44 bits per heavy atom. The summed E-state index contributed by atoms with van der Waals surface area (Å²) >= 11 is 3.29. The number of benzene rings is 1. The molecule has 1 fully saturated rings. The average Bonchev–Trinajstić information content (AvgIpc) is 2.35. The standard InChI is InChI=1S/C12H14BrFN2O2/c13-10-2-1-8(14)7-9(10)11(12(17)18)16-5-3-15-4-6-16/h1-2,7,11,15H,3-6H2,(H,17,18). The number of aliphatic carboxylic acids is 1. The second-order valence-corrected chi connectivity index (χ2v) is 5.05. The Morgan fingerprint density at radius 2 is 2.11 bits per heavy atom. The first-order chi connectivity index (χ1) is 8.59. The van der Waals surface area contributed by atoms with E-state index >= 15 is 0 Å². The second kappa shape index (κ2) is 5.77. The van der Waals surface area contributed by atoms with Gasteiger partial charge in [-0.2, -0.15) is 0 Å². The molecule has 1 aromatic rings. The van der Waals surface area contributed by atoms with Crippen molar-refractivity contribution in [2.24, 2.45) is 0 Å². The van der Waals surface area contributed by atoms with Gasteiger partial charge in [0.2, 0.25) is 0 Å². The van der Waals surface area contributed by atoms with Crippen molar-refractivity contribution in [1.29, 1.82) is 0 Å². The summed E-state index contributed by atoms with van der Waals surface area (Å²) in [6.07, 6.45) is 0. The van der Waals surface area contributed by atoms with Gasteiger partial charge in [-0.1, -0.05) is 15.9 Å². The Hall–Kier alpha value is -0.980. The highest BCUT2D eigenvalue weighted by Gasteiger charge is 2.30. The summed E-state index contributed by atoms with van der Waals surface area (Å²) in [6.45, 7) is 2.77. The lowest BCUT2D eigenvalue weighted by Gasteiger charge is -2.33. The van der Waals surface area contributed by atoms with Crippen molar-refractivity contribution in [3.8, 4) is 0 Å². The third-order valence-electron chi connectivity index (χ3n) is 3.00. The minimum Gasteiger partial charge on any atom is -0.480 e. The van der Waals surface area contributed by atoms with E-state index in [2.05, 4.69) is 21.2 Å². The fourth-order valence-electron chi connectivity index (χ4n) is 2.15. The number of rotatable bonds is 3. The molecule has 1 unspecified atom stereocenters. The first kappa shape index (κ1) is 13.5. The van der Waals surface area contributed by atoms with Crippen molar-refractivity contribution >= 4 is 21.9 Å². The zero-order chi connectivity index (χ0) is 13.1. The molecule has 0 saturated carbocycles. The Kier molecular flexibility index (Phi) is 4.31. The van der Waals surface area contributed by atoms with E-state index in [0.717, 1.165) is 13.1 Å². The minimum atomic E-state index is -0.955. The predicted molar refractivity (Wildman–Crippen MR) is 68.9 cm³/mol. The molecule has 1 saturated heterocycles. The van der Waals surface area contributed by atoms with Crippen LogP contribution in [0, 0.1) is 5.82 Å². The fraction of sp³-hybridized carbons (Fsp3) is 0.417. The maximum absolute atomic E-state index is 13.3. The third kappa shape index (κ3) is 2.88. The van der Waals surface area contributed by atoms with Gasteiger partial charge in [0.05, 0.1) is 0 Å². The van der Waals surface area contributed by atoms with E-state index in [9.17, 15) is 14.3 Å². The molecule has 0 aromatic heterocycles. The summed E-state index contributed by atoms with van der Waals surface area (Å²) in [5.41, 5.74) is 0.462. The van der Waals surface area contributed by atoms with Gasteiger partial charge in [0, 0.05) is 30.7 Å². The number of carboxylic acid groups (broad SMARTS) is 1. The van der Waals surface area contributed by atoms with Gasteiger partial charge in [-0.25, -0.2) is 4.39 Å². The lowest BCUT2D eigenvalue weighted by atomic mass is 10.0. The van der Waals surface area contributed by atoms with Crippen LogP contribution in [0.3, 0.4) is 0 Å². The first-order valence-corrected chi connectivity index (χ1v) is 6.51. The van der Waals surface area contributed by atoms with E-state index in [1.54, 1.807) is 6.07 Å². The largest absolute Gasteiger partial charge is 0.480 e. The Labute approximate surface area is 113 Å². The van der Waals surface area contributed by atoms with Crippen LogP contribution in [-0.4, -0.2) is 42.2 Å². The molecule has 0 bridgehead atoms. The molecule has 18 heavy (non-hydrogen) atoms. The van der Waals surface area contributed by atoms with Crippen LogP contribution >= 0.6 is 15.9 Å². The van der Waals surface area contributed by atoms with E-state index in [1.165, 1.54) is 12.1 Å². The Balaban J connectivity index is 2.34. The lowest BCUT2D eigenvalue weighted by molar-refractivity contribution is -0.143. The third-order valence-corrected chi connectivity index (χ3v) is 3.73. The quantitative estimate of drug-likeness (QED) is 0.889. The van der Waals surface area contributed by atoms with Gasteiger partial charge in [0.1, 0.15) is 11.9 Å². The molecule has 0 spiro atoms. The van der Waals surface area contributed by atoms with Gasteiger partial charge >= 0.3 is 5.97 Å². The van der Waals surface area contributed by atoms with Crippen LogP contribution in [0.15, 0.2) is 22.7 Å². The summed E-state index contributed by atoms with van der Waals surface area (Å²) in [5.74, 6) is -1.38.